The van der Waals surface area contributed by atoms with Crippen molar-refractivity contribution in [1.29, 1.82) is 0 Å². The maximum absolute atomic E-state index is 11.8. The Labute approximate surface area is 134 Å². The standard InChI is InChI=1S/C14H18Cl3NO2/c1-2-3-5-10-12(19)18-13(14(15,16)17)20-11-8-6-4-7-9-11/h4,6-9,13H,2-3,5,10H2,1H3,(H,18,19)/t13-/m1/s1. The zero-order chi connectivity index (χ0) is 15.0. The number of para-hydroxylation sites is 1. The Bertz CT molecular complexity index is 407. The topological polar surface area (TPSA) is 38.3 Å². The number of benzene rings is 1. The van der Waals surface area contributed by atoms with Crippen molar-refractivity contribution in [2.75, 3.05) is 0 Å². The third kappa shape index (κ3) is 6.69. The number of hydrogen-bond acceptors (Lipinski definition) is 2. The quantitative estimate of drug-likeness (QED) is 0.453. The molecule has 0 saturated carbocycles. The average molecular weight is 339 g/mol. The molecule has 112 valence electrons. The second-order valence-corrected chi connectivity index (χ2v) is 6.75. The average Bonchev–Trinajstić information content (AvgIpc) is 2.38. The molecule has 0 fully saturated rings. The Balaban J connectivity index is 2.59. The van der Waals surface area contributed by atoms with Crippen LogP contribution in [0.5, 0.6) is 5.75 Å². The largest absolute Gasteiger partial charge is 0.466 e. The summed E-state index contributed by atoms with van der Waals surface area (Å²) in [7, 11) is 0. The summed E-state index contributed by atoms with van der Waals surface area (Å²) in [5, 5.41) is 2.61. The van der Waals surface area contributed by atoms with Crippen molar-refractivity contribution in [2.45, 2.75) is 42.6 Å². The van der Waals surface area contributed by atoms with Crippen LogP contribution in [0.4, 0.5) is 0 Å². The van der Waals surface area contributed by atoms with E-state index < -0.39 is 10.0 Å². The molecule has 6 heteroatoms. The Morgan fingerprint density at radius 2 is 1.90 bits per heavy atom. The number of amides is 1. The predicted octanol–water partition coefficient (Wildman–Crippen LogP) is 4.46. The lowest BCUT2D eigenvalue weighted by molar-refractivity contribution is -0.123. The van der Waals surface area contributed by atoms with Gasteiger partial charge in [-0.2, -0.15) is 0 Å². The van der Waals surface area contributed by atoms with Crippen LogP contribution in [0.1, 0.15) is 32.6 Å². The van der Waals surface area contributed by atoms with E-state index in [0.29, 0.717) is 12.2 Å². The number of rotatable bonds is 7. The summed E-state index contributed by atoms with van der Waals surface area (Å²) in [5.41, 5.74) is 0. The second-order valence-electron chi connectivity index (χ2n) is 4.38. The van der Waals surface area contributed by atoms with Crippen molar-refractivity contribution in [3.8, 4) is 5.75 Å². The number of nitrogens with one attached hydrogen (secondary N) is 1. The van der Waals surface area contributed by atoms with Gasteiger partial charge in [-0.3, -0.25) is 4.79 Å². The lowest BCUT2D eigenvalue weighted by Gasteiger charge is -2.26. The minimum absolute atomic E-state index is 0.189. The van der Waals surface area contributed by atoms with Crippen molar-refractivity contribution < 1.29 is 9.53 Å². The number of carbonyl (C=O) groups excluding carboxylic acids is 1. The first-order valence-electron chi connectivity index (χ1n) is 6.51. The highest BCUT2D eigenvalue weighted by molar-refractivity contribution is 6.68. The Hall–Kier alpha value is -0.640. The van der Waals surface area contributed by atoms with Gasteiger partial charge in [0, 0.05) is 6.42 Å². The number of ether oxygens (including phenoxy) is 1. The first-order valence-corrected chi connectivity index (χ1v) is 7.64. The molecule has 0 aliphatic carbocycles. The summed E-state index contributed by atoms with van der Waals surface area (Å²) >= 11 is 17.5. The molecule has 0 aliphatic heterocycles. The summed E-state index contributed by atoms with van der Waals surface area (Å²) < 4.78 is 3.79. The first kappa shape index (κ1) is 17.4. The monoisotopic (exact) mass is 337 g/mol. The highest BCUT2D eigenvalue weighted by Crippen LogP contribution is 2.32. The van der Waals surface area contributed by atoms with Crippen LogP contribution in [0.15, 0.2) is 30.3 Å². The summed E-state index contributed by atoms with van der Waals surface area (Å²) in [6.45, 7) is 2.07. The molecule has 1 aromatic rings. The van der Waals surface area contributed by atoms with Gasteiger partial charge in [0.1, 0.15) is 5.75 Å². The molecule has 1 rings (SSSR count). The van der Waals surface area contributed by atoms with Gasteiger partial charge >= 0.3 is 0 Å². The minimum Gasteiger partial charge on any atom is -0.466 e. The van der Waals surface area contributed by atoms with Gasteiger partial charge in [-0.15, -0.1) is 0 Å². The minimum atomic E-state index is -1.74. The molecule has 0 heterocycles. The molecule has 0 radical (unpaired) electrons. The Kier molecular flexibility index (Phi) is 7.49. The van der Waals surface area contributed by atoms with Crippen LogP contribution >= 0.6 is 34.8 Å². The van der Waals surface area contributed by atoms with E-state index in [1.54, 1.807) is 24.3 Å². The van der Waals surface area contributed by atoms with Crippen molar-refractivity contribution in [3.05, 3.63) is 30.3 Å². The molecule has 0 bridgehead atoms. The van der Waals surface area contributed by atoms with Gasteiger partial charge in [0.15, 0.2) is 0 Å². The lowest BCUT2D eigenvalue weighted by Crippen LogP contribution is -2.47. The van der Waals surface area contributed by atoms with E-state index in [1.165, 1.54) is 0 Å². The number of carbonyl (C=O) groups is 1. The molecule has 20 heavy (non-hydrogen) atoms. The van der Waals surface area contributed by atoms with E-state index in [9.17, 15) is 4.79 Å². The predicted molar refractivity (Wildman–Crippen MR) is 83.4 cm³/mol. The van der Waals surface area contributed by atoms with Crippen LogP contribution in [0.2, 0.25) is 0 Å². The van der Waals surface area contributed by atoms with E-state index in [-0.39, 0.29) is 5.91 Å². The Morgan fingerprint density at radius 3 is 2.45 bits per heavy atom. The molecule has 0 aromatic heterocycles. The van der Waals surface area contributed by atoms with Crippen LogP contribution in [0.25, 0.3) is 0 Å². The fourth-order valence-corrected chi connectivity index (χ4v) is 1.86. The van der Waals surface area contributed by atoms with Crippen molar-refractivity contribution >= 4 is 40.7 Å². The molecule has 0 aliphatic rings. The molecule has 0 saturated heterocycles. The summed E-state index contributed by atoms with van der Waals surface area (Å²) in [4.78, 5) is 11.8. The fourth-order valence-electron chi connectivity index (χ4n) is 1.57. The smallest absolute Gasteiger partial charge is 0.246 e. The molecule has 1 N–H and O–H groups in total. The first-order chi connectivity index (χ1) is 9.43. The van der Waals surface area contributed by atoms with Crippen LogP contribution in [0, 0.1) is 0 Å². The number of unbranched alkanes of at least 4 members (excludes halogenated alkanes) is 2. The SMILES string of the molecule is CCCCCC(=O)N[C@H](Oc1ccccc1)C(Cl)(Cl)Cl. The molecule has 3 nitrogen and oxygen atoms in total. The van der Waals surface area contributed by atoms with Gasteiger partial charge in [0.25, 0.3) is 0 Å². The summed E-state index contributed by atoms with van der Waals surface area (Å²) in [6.07, 6.45) is 2.21. The maximum atomic E-state index is 11.8. The van der Waals surface area contributed by atoms with Crippen LogP contribution in [-0.2, 0) is 4.79 Å². The van der Waals surface area contributed by atoms with Crippen LogP contribution < -0.4 is 10.1 Å². The summed E-state index contributed by atoms with van der Waals surface area (Å²) in [5.74, 6) is 0.336. The van der Waals surface area contributed by atoms with Crippen molar-refractivity contribution in [3.63, 3.8) is 0 Å². The summed E-state index contributed by atoms with van der Waals surface area (Å²) in [6, 6.07) is 8.90. The van der Waals surface area contributed by atoms with Crippen LogP contribution in [0.3, 0.4) is 0 Å². The third-order valence-corrected chi connectivity index (χ3v) is 3.19. The molecule has 1 aromatic carbocycles. The van der Waals surface area contributed by atoms with Gasteiger partial charge < -0.3 is 10.1 Å². The number of hydrogen-bond donors (Lipinski definition) is 1. The molecule has 1 amide bonds. The molecular weight excluding hydrogens is 321 g/mol. The second kappa shape index (κ2) is 8.60. The van der Waals surface area contributed by atoms with Gasteiger partial charge in [0.2, 0.25) is 15.9 Å². The highest BCUT2D eigenvalue weighted by atomic mass is 35.6. The van der Waals surface area contributed by atoms with E-state index in [4.69, 9.17) is 39.5 Å². The lowest BCUT2D eigenvalue weighted by atomic mass is 10.2. The Morgan fingerprint density at radius 1 is 1.25 bits per heavy atom. The maximum Gasteiger partial charge on any atom is 0.246 e. The van der Waals surface area contributed by atoms with Gasteiger partial charge in [-0.1, -0.05) is 72.8 Å². The number of alkyl halides is 3. The van der Waals surface area contributed by atoms with E-state index in [2.05, 4.69) is 12.2 Å². The van der Waals surface area contributed by atoms with Gasteiger partial charge in [-0.05, 0) is 18.6 Å². The van der Waals surface area contributed by atoms with E-state index in [0.717, 1.165) is 19.3 Å². The normalized spacial score (nSPS) is 12.8. The third-order valence-electron chi connectivity index (χ3n) is 2.59. The number of halogens is 3. The van der Waals surface area contributed by atoms with Crippen LogP contribution in [-0.4, -0.2) is 15.9 Å². The zero-order valence-electron chi connectivity index (χ0n) is 11.2. The molecular formula is C14H18Cl3NO2. The van der Waals surface area contributed by atoms with E-state index >= 15 is 0 Å². The van der Waals surface area contributed by atoms with Crippen molar-refractivity contribution in [1.82, 2.24) is 5.32 Å². The molecule has 1 atom stereocenters. The highest BCUT2D eigenvalue weighted by Gasteiger charge is 2.36. The van der Waals surface area contributed by atoms with Gasteiger partial charge in [-0.25, -0.2) is 0 Å². The van der Waals surface area contributed by atoms with Gasteiger partial charge in [0.05, 0.1) is 0 Å². The van der Waals surface area contributed by atoms with Crippen molar-refractivity contribution in [2.24, 2.45) is 0 Å². The molecule has 0 unspecified atom stereocenters. The fraction of sp³-hybridized carbons (Fsp3) is 0.500. The van der Waals surface area contributed by atoms with E-state index in [1.807, 2.05) is 6.07 Å². The molecule has 0 spiro atoms. The zero-order valence-corrected chi connectivity index (χ0v) is 13.5.